The maximum Gasteiger partial charge on any atom is 0.357 e. The molecule has 0 saturated heterocycles. The van der Waals surface area contributed by atoms with Crippen molar-refractivity contribution in [3.63, 3.8) is 0 Å². The molecule has 14 heavy (non-hydrogen) atoms. The fourth-order valence-electron chi connectivity index (χ4n) is 0.803. The lowest BCUT2D eigenvalue weighted by Gasteiger charge is -2.06. The van der Waals surface area contributed by atoms with Crippen LogP contribution in [0.5, 0.6) is 0 Å². The third kappa shape index (κ3) is 2.74. The molecular formula is C8H12N2O4. The van der Waals surface area contributed by atoms with E-state index in [0.717, 1.165) is 6.26 Å². The number of nitrogens with zero attached hydrogens (tertiary/aromatic N) is 1. The number of aliphatic hydroxyl groups is 1. The molecule has 0 bridgehead atoms. The summed E-state index contributed by atoms with van der Waals surface area (Å²) in [6.45, 7) is 2.13. The molecule has 0 aliphatic carbocycles. The molecule has 0 saturated carbocycles. The van der Waals surface area contributed by atoms with Crippen LogP contribution in [0.25, 0.3) is 0 Å². The van der Waals surface area contributed by atoms with E-state index in [1.54, 1.807) is 0 Å². The van der Waals surface area contributed by atoms with Crippen LogP contribution in [-0.2, 0) is 0 Å². The van der Waals surface area contributed by atoms with Crippen LogP contribution in [0.2, 0.25) is 0 Å². The van der Waals surface area contributed by atoms with Gasteiger partial charge in [-0.3, -0.25) is 0 Å². The van der Waals surface area contributed by atoms with Crippen LogP contribution in [-0.4, -0.2) is 33.8 Å². The van der Waals surface area contributed by atoms with Crippen LogP contribution >= 0.6 is 0 Å². The molecule has 3 N–H and O–H groups in total. The predicted molar refractivity (Wildman–Crippen MR) is 48.2 cm³/mol. The number of aromatic nitrogens is 1. The minimum Gasteiger partial charge on any atom is -0.476 e. The van der Waals surface area contributed by atoms with E-state index in [-0.39, 0.29) is 18.3 Å². The number of aliphatic hydroxyl groups excluding tert-OH is 1. The van der Waals surface area contributed by atoms with Crippen molar-refractivity contribution in [2.45, 2.75) is 19.4 Å². The molecule has 78 valence electrons. The number of hydrogen-bond acceptors (Lipinski definition) is 5. The van der Waals surface area contributed by atoms with Gasteiger partial charge < -0.3 is 19.9 Å². The van der Waals surface area contributed by atoms with Crippen molar-refractivity contribution >= 4 is 12.0 Å². The molecule has 1 heterocycles. The summed E-state index contributed by atoms with van der Waals surface area (Å²) < 4.78 is 4.81. The van der Waals surface area contributed by atoms with Gasteiger partial charge in [-0.15, -0.1) is 0 Å². The van der Waals surface area contributed by atoms with Crippen LogP contribution in [0.4, 0.5) is 6.01 Å². The topological polar surface area (TPSA) is 95.6 Å². The molecule has 1 unspecified atom stereocenters. The van der Waals surface area contributed by atoms with E-state index in [0.29, 0.717) is 6.42 Å². The summed E-state index contributed by atoms with van der Waals surface area (Å²) in [4.78, 5) is 14.0. The number of hydrogen-bond donors (Lipinski definition) is 3. The van der Waals surface area contributed by atoms with Crippen molar-refractivity contribution in [3.05, 3.63) is 12.0 Å². The quantitative estimate of drug-likeness (QED) is 0.642. The zero-order chi connectivity index (χ0) is 10.6. The molecule has 0 amide bonds. The van der Waals surface area contributed by atoms with Crippen molar-refractivity contribution in [2.24, 2.45) is 0 Å². The second-order valence-corrected chi connectivity index (χ2v) is 2.79. The Kier molecular flexibility index (Phi) is 3.47. The molecule has 0 aliphatic rings. The molecule has 0 radical (unpaired) electrons. The second kappa shape index (κ2) is 4.61. The highest BCUT2D eigenvalue weighted by atomic mass is 16.4. The summed E-state index contributed by atoms with van der Waals surface area (Å²) in [5.74, 6) is -1.14. The number of anilines is 1. The van der Waals surface area contributed by atoms with Gasteiger partial charge in [0.2, 0.25) is 0 Å². The van der Waals surface area contributed by atoms with Crippen LogP contribution in [0, 0.1) is 0 Å². The van der Waals surface area contributed by atoms with Gasteiger partial charge >= 0.3 is 5.97 Å². The molecule has 1 aromatic rings. The third-order valence-electron chi connectivity index (χ3n) is 1.68. The highest BCUT2D eigenvalue weighted by molar-refractivity contribution is 5.85. The number of oxazole rings is 1. The van der Waals surface area contributed by atoms with Gasteiger partial charge in [-0.1, -0.05) is 6.92 Å². The highest BCUT2D eigenvalue weighted by Gasteiger charge is 2.10. The molecule has 0 fully saturated rings. The normalized spacial score (nSPS) is 12.4. The number of aromatic carboxylic acids is 1. The summed E-state index contributed by atoms with van der Waals surface area (Å²) in [6, 6.07) is 0.106. The van der Waals surface area contributed by atoms with E-state index >= 15 is 0 Å². The highest BCUT2D eigenvalue weighted by Crippen LogP contribution is 2.07. The van der Waals surface area contributed by atoms with E-state index in [9.17, 15) is 9.90 Å². The average Bonchev–Trinajstić information content (AvgIpc) is 2.62. The standard InChI is InChI=1S/C8H12N2O4/c1-2-5(11)3-9-8-10-6(4-14-8)7(12)13/h4-5,11H,2-3H2,1H3,(H,9,10)(H,12,13). The van der Waals surface area contributed by atoms with E-state index < -0.39 is 12.1 Å². The minimum atomic E-state index is -1.14. The van der Waals surface area contributed by atoms with Crippen LogP contribution in [0.15, 0.2) is 10.7 Å². The van der Waals surface area contributed by atoms with Crippen molar-refractivity contribution in [1.82, 2.24) is 4.98 Å². The SMILES string of the molecule is CCC(O)CNc1nc(C(=O)O)co1. The molecule has 6 nitrogen and oxygen atoms in total. The molecule has 1 aromatic heterocycles. The Hall–Kier alpha value is -1.56. The number of carboxylic acid groups (broad SMARTS) is 1. The van der Waals surface area contributed by atoms with Crippen LogP contribution < -0.4 is 5.32 Å². The van der Waals surface area contributed by atoms with Gasteiger partial charge in [0.05, 0.1) is 6.10 Å². The summed E-state index contributed by atoms with van der Waals surface area (Å²) in [6.07, 6.45) is 1.16. The van der Waals surface area contributed by atoms with E-state index in [1.807, 2.05) is 6.92 Å². The number of rotatable bonds is 5. The lowest BCUT2D eigenvalue weighted by molar-refractivity contribution is 0.0690. The van der Waals surface area contributed by atoms with Gasteiger partial charge in [-0.2, -0.15) is 4.98 Å². The Labute approximate surface area is 80.6 Å². The van der Waals surface area contributed by atoms with Gasteiger partial charge in [0.1, 0.15) is 6.26 Å². The average molecular weight is 200 g/mol. The van der Waals surface area contributed by atoms with Gasteiger partial charge in [0, 0.05) is 6.54 Å². The zero-order valence-electron chi connectivity index (χ0n) is 7.73. The number of nitrogens with one attached hydrogen (secondary N) is 1. The minimum absolute atomic E-state index is 0.106. The summed E-state index contributed by atoms with van der Waals surface area (Å²) in [7, 11) is 0. The van der Waals surface area contributed by atoms with E-state index in [1.165, 1.54) is 0 Å². The largest absolute Gasteiger partial charge is 0.476 e. The molecule has 1 rings (SSSR count). The van der Waals surface area contributed by atoms with Gasteiger partial charge in [0.15, 0.2) is 5.69 Å². The first-order valence-electron chi connectivity index (χ1n) is 4.24. The predicted octanol–water partition coefficient (Wildman–Crippen LogP) is 0.556. The van der Waals surface area contributed by atoms with Gasteiger partial charge in [-0.05, 0) is 6.42 Å². The smallest absolute Gasteiger partial charge is 0.357 e. The Balaban J connectivity index is 2.48. The third-order valence-corrected chi connectivity index (χ3v) is 1.68. The first kappa shape index (κ1) is 10.5. The Morgan fingerprint density at radius 2 is 2.50 bits per heavy atom. The van der Waals surface area contributed by atoms with E-state index in [2.05, 4.69) is 10.3 Å². The van der Waals surface area contributed by atoms with Crippen molar-refractivity contribution < 1.29 is 19.4 Å². The second-order valence-electron chi connectivity index (χ2n) is 2.79. The molecular weight excluding hydrogens is 188 g/mol. The van der Waals surface area contributed by atoms with E-state index in [4.69, 9.17) is 9.52 Å². The maximum atomic E-state index is 10.4. The summed E-state index contributed by atoms with van der Waals surface area (Å²) in [5.41, 5.74) is -0.154. The molecule has 0 aromatic carbocycles. The van der Waals surface area contributed by atoms with Crippen molar-refractivity contribution in [1.29, 1.82) is 0 Å². The number of carboxylic acids is 1. The maximum absolute atomic E-state index is 10.4. The van der Waals surface area contributed by atoms with Crippen molar-refractivity contribution in [2.75, 3.05) is 11.9 Å². The molecule has 1 atom stereocenters. The van der Waals surface area contributed by atoms with Gasteiger partial charge in [-0.25, -0.2) is 4.79 Å². The Morgan fingerprint density at radius 3 is 3.00 bits per heavy atom. The molecule has 6 heteroatoms. The fraction of sp³-hybridized carbons (Fsp3) is 0.500. The van der Waals surface area contributed by atoms with Crippen LogP contribution in [0.3, 0.4) is 0 Å². The summed E-state index contributed by atoms with van der Waals surface area (Å²) >= 11 is 0. The first-order valence-corrected chi connectivity index (χ1v) is 4.24. The monoisotopic (exact) mass is 200 g/mol. The fourth-order valence-corrected chi connectivity index (χ4v) is 0.803. The van der Waals surface area contributed by atoms with Gasteiger partial charge in [0.25, 0.3) is 6.01 Å². The molecule has 0 spiro atoms. The number of carbonyl (C=O) groups is 1. The lowest BCUT2D eigenvalue weighted by Crippen LogP contribution is -2.18. The Morgan fingerprint density at radius 1 is 1.79 bits per heavy atom. The van der Waals surface area contributed by atoms with Crippen molar-refractivity contribution in [3.8, 4) is 0 Å². The summed E-state index contributed by atoms with van der Waals surface area (Å²) in [5, 5.41) is 20.4. The zero-order valence-corrected chi connectivity index (χ0v) is 7.73. The Bertz CT molecular complexity index is 310. The van der Waals surface area contributed by atoms with Crippen LogP contribution in [0.1, 0.15) is 23.8 Å². The first-order chi connectivity index (χ1) is 6.63. The molecule has 0 aliphatic heterocycles. The lowest BCUT2D eigenvalue weighted by atomic mass is 10.3.